The normalized spacial score (nSPS) is 17.6. The molecule has 0 fully saturated rings. The van der Waals surface area contributed by atoms with Crippen LogP contribution in [0.15, 0.2) is 46.5 Å². The molecule has 6 nitrogen and oxygen atoms in total. The van der Waals surface area contributed by atoms with E-state index in [9.17, 15) is 13.2 Å². The van der Waals surface area contributed by atoms with Crippen molar-refractivity contribution in [2.45, 2.75) is 0 Å². The van der Waals surface area contributed by atoms with Gasteiger partial charge in [-0.05, 0) is 6.08 Å². The van der Waals surface area contributed by atoms with Crippen LogP contribution in [0.4, 0.5) is 0 Å². The maximum atomic E-state index is 11.3. The smallest absolute Gasteiger partial charge is 0.353 e. The second-order valence-electron chi connectivity index (χ2n) is 3.28. The van der Waals surface area contributed by atoms with Crippen LogP contribution in [-0.4, -0.2) is 25.2 Å². The van der Waals surface area contributed by atoms with Crippen LogP contribution in [0.5, 0.6) is 0 Å². The fraction of sp³-hybridized carbons (Fsp3) is 0. The Labute approximate surface area is 97.5 Å². The standard InChI is InChI=1S/C10H8N2O4S/c13-10(14)9-6-8(11-17(15,16)12-9)7-4-2-1-3-5-7/h1-6,12H,(H,13,14). The number of allylic oxidation sites excluding steroid dienone is 1. The lowest BCUT2D eigenvalue weighted by Crippen LogP contribution is -2.30. The molecule has 0 spiro atoms. The van der Waals surface area contributed by atoms with Crippen LogP contribution in [0.1, 0.15) is 5.56 Å². The van der Waals surface area contributed by atoms with E-state index in [1.165, 1.54) is 6.08 Å². The van der Waals surface area contributed by atoms with Gasteiger partial charge in [0.05, 0.1) is 5.71 Å². The van der Waals surface area contributed by atoms with Crippen molar-refractivity contribution < 1.29 is 18.3 Å². The van der Waals surface area contributed by atoms with E-state index in [1.807, 2.05) is 4.72 Å². The first-order valence-electron chi connectivity index (χ1n) is 4.61. The summed E-state index contributed by atoms with van der Waals surface area (Å²) >= 11 is 0. The van der Waals surface area contributed by atoms with Crippen molar-refractivity contribution in [1.82, 2.24) is 4.72 Å². The average molecular weight is 252 g/mol. The Morgan fingerprint density at radius 1 is 1.24 bits per heavy atom. The summed E-state index contributed by atoms with van der Waals surface area (Å²) in [4.78, 5) is 10.8. The van der Waals surface area contributed by atoms with Crippen LogP contribution < -0.4 is 4.72 Å². The highest BCUT2D eigenvalue weighted by molar-refractivity contribution is 7.88. The predicted molar refractivity (Wildman–Crippen MR) is 60.8 cm³/mol. The van der Waals surface area contributed by atoms with Crippen molar-refractivity contribution in [3.63, 3.8) is 0 Å². The highest BCUT2D eigenvalue weighted by atomic mass is 32.2. The minimum absolute atomic E-state index is 0.0988. The molecule has 1 aromatic rings. The summed E-state index contributed by atoms with van der Waals surface area (Å²) in [5.41, 5.74) is 0.219. The lowest BCUT2D eigenvalue weighted by molar-refractivity contribution is -0.132. The minimum Gasteiger partial charge on any atom is -0.477 e. The van der Waals surface area contributed by atoms with E-state index >= 15 is 0 Å². The van der Waals surface area contributed by atoms with Gasteiger partial charge in [-0.15, -0.1) is 4.40 Å². The maximum absolute atomic E-state index is 11.3. The molecule has 2 rings (SSSR count). The SMILES string of the molecule is O=C(O)C1=CC(c2ccccc2)=NS(=O)(=O)N1. The lowest BCUT2D eigenvalue weighted by Gasteiger charge is -2.12. The molecule has 2 N–H and O–H groups in total. The molecule has 0 unspecified atom stereocenters. The van der Waals surface area contributed by atoms with Gasteiger partial charge in [0.1, 0.15) is 5.70 Å². The molecular weight excluding hydrogens is 244 g/mol. The van der Waals surface area contributed by atoms with Gasteiger partial charge >= 0.3 is 16.2 Å². The summed E-state index contributed by atoms with van der Waals surface area (Å²) in [6.45, 7) is 0. The van der Waals surface area contributed by atoms with Gasteiger partial charge in [-0.25, -0.2) is 4.79 Å². The summed E-state index contributed by atoms with van der Waals surface area (Å²) in [6.07, 6.45) is 1.18. The quantitative estimate of drug-likeness (QED) is 0.790. The van der Waals surface area contributed by atoms with Crippen molar-refractivity contribution in [3.8, 4) is 0 Å². The van der Waals surface area contributed by atoms with Gasteiger partial charge in [0, 0.05) is 5.56 Å². The van der Waals surface area contributed by atoms with Crippen molar-refractivity contribution in [2.75, 3.05) is 0 Å². The number of hydrogen-bond donors (Lipinski definition) is 2. The summed E-state index contributed by atoms with van der Waals surface area (Å²) in [5.74, 6) is -1.35. The third-order valence-electron chi connectivity index (χ3n) is 2.04. The number of aliphatic carboxylic acids is 1. The molecule has 0 saturated heterocycles. The average Bonchev–Trinajstić information content (AvgIpc) is 2.28. The van der Waals surface area contributed by atoms with Gasteiger partial charge in [0.25, 0.3) is 0 Å². The second-order valence-corrected chi connectivity index (χ2v) is 4.62. The topological polar surface area (TPSA) is 95.8 Å². The number of carbonyl (C=O) groups is 1. The fourth-order valence-corrected chi connectivity index (χ4v) is 2.22. The van der Waals surface area contributed by atoms with E-state index in [0.29, 0.717) is 5.56 Å². The van der Waals surface area contributed by atoms with Crippen LogP contribution in [0.25, 0.3) is 0 Å². The molecule has 1 aliphatic heterocycles. The Morgan fingerprint density at radius 3 is 2.47 bits per heavy atom. The van der Waals surface area contributed by atoms with Crippen molar-refractivity contribution in [1.29, 1.82) is 0 Å². The van der Waals surface area contributed by atoms with Crippen LogP contribution in [0, 0.1) is 0 Å². The van der Waals surface area contributed by atoms with Gasteiger partial charge in [0.15, 0.2) is 0 Å². The van der Waals surface area contributed by atoms with E-state index in [1.54, 1.807) is 30.3 Å². The summed E-state index contributed by atoms with van der Waals surface area (Å²) in [7, 11) is -3.99. The first-order valence-corrected chi connectivity index (χ1v) is 6.05. The maximum Gasteiger partial charge on any atom is 0.353 e. The number of rotatable bonds is 2. The molecule has 0 aromatic heterocycles. The number of carboxylic acids is 1. The van der Waals surface area contributed by atoms with Gasteiger partial charge in [-0.3, -0.25) is 4.72 Å². The highest BCUT2D eigenvalue weighted by Gasteiger charge is 2.22. The molecule has 1 aliphatic rings. The number of hydrogen-bond acceptors (Lipinski definition) is 3. The molecule has 0 bridgehead atoms. The Morgan fingerprint density at radius 2 is 1.88 bits per heavy atom. The predicted octanol–water partition coefficient (Wildman–Crippen LogP) is 0.292. The third kappa shape index (κ3) is 2.51. The molecule has 0 saturated carbocycles. The summed E-state index contributed by atoms with van der Waals surface area (Å²) < 4.78 is 28.0. The van der Waals surface area contributed by atoms with Crippen molar-refractivity contribution in [2.24, 2.45) is 4.40 Å². The number of carboxylic acid groups (broad SMARTS) is 1. The minimum atomic E-state index is -3.99. The van der Waals surface area contributed by atoms with Gasteiger partial charge < -0.3 is 5.11 Å². The molecule has 7 heteroatoms. The summed E-state index contributed by atoms with van der Waals surface area (Å²) in [5, 5.41) is 8.78. The second kappa shape index (κ2) is 4.02. The molecule has 0 atom stereocenters. The van der Waals surface area contributed by atoms with Crippen LogP contribution in [0.2, 0.25) is 0 Å². The molecule has 1 heterocycles. The Hall–Kier alpha value is -2.15. The van der Waals surface area contributed by atoms with Crippen LogP contribution in [0.3, 0.4) is 0 Å². The molecular formula is C10H8N2O4S. The molecule has 0 aliphatic carbocycles. The molecule has 88 valence electrons. The Balaban J connectivity index is 2.53. The lowest BCUT2D eigenvalue weighted by atomic mass is 10.1. The van der Waals surface area contributed by atoms with Gasteiger partial charge in [0.2, 0.25) is 0 Å². The summed E-state index contributed by atoms with van der Waals surface area (Å²) in [6, 6.07) is 8.48. The zero-order chi connectivity index (χ0) is 12.5. The van der Waals surface area contributed by atoms with Crippen molar-refractivity contribution in [3.05, 3.63) is 47.7 Å². The Kier molecular flexibility index (Phi) is 2.68. The van der Waals surface area contributed by atoms with E-state index in [4.69, 9.17) is 5.11 Å². The molecule has 1 aromatic carbocycles. The van der Waals surface area contributed by atoms with E-state index < -0.39 is 21.9 Å². The monoisotopic (exact) mass is 252 g/mol. The van der Waals surface area contributed by atoms with Gasteiger partial charge in [-0.1, -0.05) is 30.3 Å². The highest BCUT2D eigenvalue weighted by Crippen LogP contribution is 2.11. The molecule has 0 amide bonds. The number of nitrogens with zero attached hydrogens (tertiary/aromatic N) is 1. The molecule has 17 heavy (non-hydrogen) atoms. The van der Waals surface area contributed by atoms with Crippen LogP contribution >= 0.6 is 0 Å². The fourth-order valence-electron chi connectivity index (χ4n) is 1.33. The zero-order valence-corrected chi connectivity index (χ0v) is 9.31. The number of benzene rings is 1. The largest absolute Gasteiger partial charge is 0.477 e. The van der Waals surface area contributed by atoms with E-state index in [-0.39, 0.29) is 5.71 Å². The zero-order valence-electron chi connectivity index (χ0n) is 8.49. The van der Waals surface area contributed by atoms with Crippen molar-refractivity contribution >= 4 is 21.9 Å². The third-order valence-corrected chi connectivity index (χ3v) is 2.95. The van der Waals surface area contributed by atoms with Gasteiger partial charge in [-0.2, -0.15) is 8.42 Å². The van der Waals surface area contributed by atoms with E-state index in [0.717, 1.165) is 0 Å². The Bertz CT molecular complexity index is 617. The van der Waals surface area contributed by atoms with E-state index in [2.05, 4.69) is 4.40 Å². The molecule has 0 radical (unpaired) electrons. The first kappa shape index (κ1) is 11.3. The van der Waals surface area contributed by atoms with Crippen LogP contribution in [-0.2, 0) is 15.0 Å². The first-order chi connectivity index (χ1) is 7.98. The number of nitrogens with one attached hydrogen (secondary N) is 1.